The van der Waals surface area contributed by atoms with Crippen LogP contribution in [0.15, 0.2) is 49.1 Å². The Morgan fingerprint density at radius 1 is 1.19 bits per heavy atom. The van der Waals surface area contributed by atoms with Gasteiger partial charge in [-0.25, -0.2) is 0 Å². The first-order valence-corrected chi connectivity index (χ1v) is 9.74. The highest BCUT2D eigenvalue weighted by Gasteiger charge is 2.16. The van der Waals surface area contributed by atoms with Gasteiger partial charge in [-0.2, -0.15) is 0 Å². The second-order valence-corrected chi connectivity index (χ2v) is 8.02. The molecule has 0 radical (unpaired) electrons. The number of likely N-dealkylation sites (N-methyl/N-ethyl adjacent to an activating group) is 1. The monoisotopic (exact) mass is 405 g/mol. The Morgan fingerprint density at radius 3 is 2.44 bits per heavy atom. The van der Waals surface area contributed by atoms with Gasteiger partial charge in [0.25, 0.3) is 5.91 Å². The summed E-state index contributed by atoms with van der Waals surface area (Å²) in [6, 6.07) is 11.2. The molecule has 2 rings (SSSR count). The molecule has 0 aliphatic rings. The van der Waals surface area contributed by atoms with E-state index in [1.54, 1.807) is 30.2 Å². The molecule has 7 heteroatoms. The van der Waals surface area contributed by atoms with Crippen LogP contribution in [-0.4, -0.2) is 48.8 Å². The summed E-state index contributed by atoms with van der Waals surface area (Å²) >= 11 is 7.45. The van der Waals surface area contributed by atoms with Crippen molar-refractivity contribution in [2.45, 2.75) is 13.1 Å². The van der Waals surface area contributed by atoms with E-state index in [0.29, 0.717) is 36.1 Å². The number of benzene rings is 1. The van der Waals surface area contributed by atoms with Crippen LogP contribution >= 0.6 is 22.9 Å². The topological polar surface area (TPSA) is 52.7 Å². The second kappa shape index (κ2) is 10.3. The molecule has 0 saturated carbocycles. The number of nitrogens with zero attached hydrogens (tertiary/aromatic N) is 2. The van der Waals surface area contributed by atoms with E-state index < -0.39 is 0 Å². The molecule has 0 bridgehead atoms. The molecule has 144 valence electrons. The zero-order valence-corrected chi connectivity index (χ0v) is 17.1. The van der Waals surface area contributed by atoms with E-state index in [0.717, 1.165) is 10.4 Å². The number of nitrogens with one attached hydrogen (secondary N) is 1. The Kier molecular flexibility index (Phi) is 8.03. The Bertz CT molecular complexity index is 789. The number of halogens is 1. The van der Waals surface area contributed by atoms with E-state index in [9.17, 15) is 9.59 Å². The van der Waals surface area contributed by atoms with E-state index in [4.69, 9.17) is 11.6 Å². The standard InChI is InChI=1S/C20H24ClN3O2S/c1-4-11-24(13-17-9-10-18(21)27-17)19(25)14-23(3)12-15-5-7-16(8-6-15)20(26)22-2/h4-10H,1,11-14H2,2-3H3,(H,22,26). The van der Waals surface area contributed by atoms with Crippen molar-refractivity contribution in [3.05, 3.63) is 69.4 Å². The average Bonchev–Trinajstić information content (AvgIpc) is 3.06. The minimum Gasteiger partial charge on any atom is -0.355 e. The van der Waals surface area contributed by atoms with Gasteiger partial charge in [-0.15, -0.1) is 17.9 Å². The first-order valence-electron chi connectivity index (χ1n) is 8.55. The lowest BCUT2D eigenvalue weighted by Crippen LogP contribution is -2.38. The number of rotatable bonds is 9. The number of carbonyl (C=O) groups is 2. The van der Waals surface area contributed by atoms with Crippen molar-refractivity contribution in [3.8, 4) is 0 Å². The van der Waals surface area contributed by atoms with Crippen molar-refractivity contribution in [1.82, 2.24) is 15.1 Å². The molecule has 1 heterocycles. The molecule has 1 N–H and O–H groups in total. The fourth-order valence-electron chi connectivity index (χ4n) is 2.64. The molecule has 0 spiro atoms. The molecule has 0 atom stereocenters. The maximum absolute atomic E-state index is 12.7. The summed E-state index contributed by atoms with van der Waals surface area (Å²) in [6.45, 7) is 5.67. The summed E-state index contributed by atoms with van der Waals surface area (Å²) in [5.74, 6) is -0.0808. The van der Waals surface area contributed by atoms with Crippen LogP contribution in [0.5, 0.6) is 0 Å². The zero-order chi connectivity index (χ0) is 19.8. The first-order chi connectivity index (χ1) is 12.9. The van der Waals surface area contributed by atoms with Gasteiger partial charge >= 0.3 is 0 Å². The van der Waals surface area contributed by atoms with Crippen molar-refractivity contribution in [2.24, 2.45) is 0 Å². The quantitative estimate of drug-likeness (QED) is 0.650. The number of carbonyl (C=O) groups excluding carboxylic acids is 2. The van der Waals surface area contributed by atoms with Gasteiger partial charge in [0.05, 0.1) is 17.4 Å². The third kappa shape index (κ3) is 6.50. The van der Waals surface area contributed by atoms with Gasteiger partial charge < -0.3 is 10.2 Å². The van der Waals surface area contributed by atoms with Crippen LogP contribution in [0.1, 0.15) is 20.8 Å². The van der Waals surface area contributed by atoms with Gasteiger partial charge in [0, 0.05) is 30.6 Å². The van der Waals surface area contributed by atoms with Gasteiger partial charge in [-0.3, -0.25) is 14.5 Å². The fraction of sp³-hybridized carbons (Fsp3) is 0.300. The van der Waals surface area contributed by atoms with Gasteiger partial charge in [-0.1, -0.05) is 29.8 Å². The van der Waals surface area contributed by atoms with E-state index >= 15 is 0 Å². The summed E-state index contributed by atoms with van der Waals surface area (Å²) in [4.78, 5) is 29.0. The summed E-state index contributed by atoms with van der Waals surface area (Å²) in [6.07, 6.45) is 1.73. The minimum absolute atomic E-state index is 0.0314. The fourth-order valence-corrected chi connectivity index (χ4v) is 3.74. The van der Waals surface area contributed by atoms with Crippen LogP contribution < -0.4 is 5.32 Å². The molecule has 1 aromatic carbocycles. The summed E-state index contributed by atoms with van der Waals surface area (Å²) in [5.41, 5.74) is 1.66. The van der Waals surface area contributed by atoms with Crippen molar-refractivity contribution in [1.29, 1.82) is 0 Å². The predicted octanol–water partition coefficient (Wildman–Crippen LogP) is 3.41. The predicted molar refractivity (Wildman–Crippen MR) is 111 cm³/mol. The molecular formula is C20H24ClN3O2S. The third-order valence-electron chi connectivity index (χ3n) is 3.98. The molecule has 0 aliphatic carbocycles. The lowest BCUT2D eigenvalue weighted by molar-refractivity contribution is -0.132. The van der Waals surface area contributed by atoms with Crippen molar-refractivity contribution < 1.29 is 9.59 Å². The number of hydrogen-bond acceptors (Lipinski definition) is 4. The molecule has 0 unspecified atom stereocenters. The van der Waals surface area contributed by atoms with Crippen LogP contribution in [0.25, 0.3) is 0 Å². The van der Waals surface area contributed by atoms with Crippen LogP contribution in [-0.2, 0) is 17.9 Å². The second-order valence-electron chi connectivity index (χ2n) is 6.22. The van der Waals surface area contributed by atoms with Gasteiger partial charge in [0.1, 0.15) is 0 Å². The molecule has 5 nitrogen and oxygen atoms in total. The lowest BCUT2D eigenvalue weighted by atomic mass is 10.1. The van der Waals surface area contributed by atoms with Gasteiger partial charge in [0.15, 0.2) is 0 Å². The Labute approximate surface area is 169 Å². The van der Waals surface area contributed by atoms with Gasteiger partial charge in [-0.05, 0) is 36.9 Å². The Hall–Kier alpha value is -2.15. The summed E-state index contributed by atoms with van der Waals surface area (Å²) in [7, 11) is 3.51. The van der Waals surface area contributed by atoms with Crippen LogP contribution in [0.3, 0.4) is 0 Å². The molecule has 0 fully saturated rings. The van der Waals surface area contributed by atoms with Crippen LogP contribution in [0.2, 0.25) is 4.34 Å². The number of hydrogen-bond donors (Lipinski definition) is 1. The number of thiophene rings is 1. The zero-order valence-electron chi connectivity index (χ0n) is 15.6. The van der Waals surface area contributed by atoms with Crippen molar-refractivity contribution in [2.75, 3.05) is 27.2 Å². The molecule has 27 heavy (non-hydrogen) atoms. The van der Waals surface area contributed by atoms with Crippen molar-refractivity contribution >= 4 is 34.8 Å². The highest BCUT2D eigenvalue weighted by molar-refractivity contribution is 7.16. The Morgan fingerprint density at radius 2 is 1.89 bits per heavy atom. The molecule has 0 aliphatic heterocycles. The van der Waals surface area contributed by atoms with E-state index in [1.165, 1.54) is 11.3 Å². The molecule has 2 amide bonds. The molecule has 1 aromatic heterocycles. The van der Waals surface area contributed by atoms with E-state index in [-0.39, 0.29) is 11.8 Å². The van der Waals surface area contributed by atoms with Crippen LogP contribution in [0.4, 0.5) is 0 Å². The SMILES string of the molecule is C=CCN(Cc1ccc(Cl)s1)C(=O)CN(C)Cc1ccc(C(=O)NC)cc1. The maximum Gasteiger partial charge on any atom is 0.251 e. The highest BCUT2D eigenvalue weighted by atomic mass is 35.5. The first kappa shape index (κ1) is 21.2. The average molecular weight is 406 g/mol. The summed E-state index contributed by atoms with van der Waals surface area (Å²) in [5, 5.41) is 2.60. The molecule has 2 aromatic rings. The van der Waals surface area contributed by atoms with E-state index in [1.807, 2.05) is 36.2 Å². The highest BCUT2D eigenvalue weighted by Crippen LogP contribution is 2.22. The molecular weight excluding hydrogens is 382 g/mol. The molecule has 0 saturated heterocycles. The van der Waals surface area contributed by atoms with E-state index in [2.05, 4.69) is 11.9 Å². The Balaban J connectivity index is 1.93. The van der Waals surface area contributed by atoms with Gasteiger partial charge in [0.2, 0.25) is 5.91 Å². The number of amides is 2. The third-order valence-corrected chi connectivity index (χ3v) is 5.19. The maximum atomic E-state index is 12.7. The lowest BCUT2D eigenvalue weighted by Gasteiger charge is -2.24. The smallest absolute Gasteiger partial charge is 0.251 e. The van der Waals surface area contributed by atoms with Crippen LogP contribution in [0, 0.1) is 0 Å². The normalized spacial score (nSPS) is 10.7. The largest absolute Gasteiger partial charge is 0.355 e. The summed E-state index contributed by atoms with van der Waals surface area (Å²) < 4.78 is 0.716. The minimum atomic E-state index is -0.112. The van der Waals surface area contributed by atoms with Crippen molar-refractivity contribution in [3.63, 3.8) is 0 Å².